The van der Waals surface area contributed by atoms with Crippen LogP contribution in [0.5, 0.6) is 0 Å². The highest BCUT2D eigenvalue weighted by Gasteiger charge is 2.22. The first-order chi connectivity index (χ1) is 13.8. The number of likely N-dealkylation sites (N-methyl/N-ethyl adjacent to an activating group) is 1. The molecular formula is C20H23N5OS2. The molecule has 146 valence electrons. The van der Waals surface area contributed by atoms with E-state index in [1.54, 1.807) is 11.3 Å². The standard InChI is InChI=1S/C20H23N5OS2/c1-2-23-10-12-24(13-11-23)18(26)15-28-20-22-21-19(17-9-6-14-27-17)25(20)16-7-4-3-5-8-16/h3-9,14H,2,10-13,15H2,1H3. The molecule has 3 heterocycles. The van der Waals surface area contributed by atoms with Crippen molar-refractivity contribution in [1.29, 1.82) is 0 Å². The minimum atomic E-state index is 0.168. The molecule has 4 rings (SSSR count). The third kappa shape index (κ3) is 4.14. The number of thioether (sulfide) groups is 1. The van der Waals surface area contributed by atoms with Gasteiger partial charge in [-0.25, -0.2) is 0 Å². The summed E-state index contributed by atoms with van der Waals surface area (Å²) in [6.07, 6.45) is 0. The number of hydrogen-bond acceptors (Lipinski definition) is 6. The Hall–Kier alpha value is -2.16. The first kappa shape index (κ1) is 19.2. The lowest BCUT2D eigenvalue weighted by Crippen LogP contribution is -2.49. The third-order valence-electron chi connectivity index (χ3n) is 4.89. The second-order valence-electron chi connectivity index (χ2n) is 6.56. The minimum absolute atomic E-state index is 0.168. The van der Waals surface area contributed by atoms with Gasteiger partial charge < -0.3 is 9.80 Å². The van der Waals surface area contributed by atoms with Crippen molar-refractivity contribution in [3.8, 4) is 16.4 Å². The van der Waals surface area contributed by atoms with Gasteiger partial charge in [-0.3, -0.25) is 9.36 Å². The number of rotatable bonds is 6. The van der Waals surface area contributed by atoms with E-state index in [0.29, 0.717) is 5.75 Å². The van der Waals surface area contributed by atoms with Crippen LogP contribution in [0.3, 0.4) is 0 Å². The Morgan fingerprint density at radius 3 is 2.54 bits per heavy atom. The summed E-state index contributed by atoms with van der Waals surface area (Å²) in [6, 6.07) is 14.1. The predicted molar refractivity (Wildman–Crippen MR) is 114 cm³/mol. The predicted octanol–water partition coefficient (Wildman–Crippen LogP) is 3.25. The summed E-state index contributed by atoms with van der Waals surface area (Å²) in [5.74, 6) is 1.36. The summed E-state index contributed by atoms with van der Waals surface area (Å²) >= 11 is 3.09. The van der Waals surface area contributed by atoms with E-state index in [0.717, 1.165) is 54.3 Å². The Morgan fingerprint density at radius 2 is 1.86 bits per heavy atom. The second-order valence-corrected chi connectivity index (χ2v) is 8.45. The van der Waals surface area contributed by atoms with Gasteiger partial charge in [-0.15, -0.1) is 21.5 Å². The van der Waals surface area contributed by atoms with Crippen LogP contribution in [0.15, 0.2) is 53.0 Å². The first-order valence-electron chi connectivity index (χ1n) is 9.44. The SMILES string of the molecule is CCN1CCN(C(=O)CSc2nnc(-c3cccs3)n2-c2ccccc2)CC1. The van der Waals surface area contributed by atoms with Gasteiger partial charge in [0.2, 0.25) is 5.91 Å². The van der Waals surface area contributed by atoms with Crippen LogP contribution in [-0.2, 0) is 4.79 Å². The number of hydrogen-bond donors (Lipinski definition) is 0. The van der Waals surface area contributed by atoms with Gasteiger partial charge in [0, 0.05) is 31.9 Å². The maximum Gasteiger partial charge on any atom is 0.233 e. The van der Waals surface area contributed by atoms with Crippen molar-refractivity contribution in [3.63, 3.8) is 0 Å². The molecule has 28 heavy (non-hydrogen) atoms. The van der Waals surface area contributed by atoms with Crippen LogP contribution in [0, 0.1) is 0 Å². The van der Waals surface area contributed by atoms with Gasteiger partial charge >= 0.3 is 0 Å². The number of amides is 1. The molecule has 1 aliphatic heterocycles. The molecule has 8 heteroatoms. The fourth-order valence-electron chi connectivity index (χ4n) is 3.27. The molecule has 0 spiro atoms. The van der Waals surface area contributed by atoms with Crippen LogP contribution in [0.1, 0.15) is 6.92 Å². The Morgan fingerprint density at radius 1 is 1.07 bits per heavy atom. The zero-order chi connectivity index (χ0) is 19.3. The number of para-hydroxylation sites is 1. The number of aromatic nitrogens is 3. The topological polar surface area (TPSA) is 54.3 Å². The smallest absolute Gasteiger partial charge is 0.233 e. The van der Waals surface area contributed by atoms with Crippen LogP contribution < -0.4 is 0 Å². The third-order valence-corrected chi connectivity index (χ3v) is 6.67. The molecule has 6 nitrogen and oxygen atoms in total. The lowest BCUT2D eigenvalue weighted by molar-refractivity contribution is -0.130. The Labute approximate surface area is 173 Å². The maximum absolute atomic E-state index is 12.7. The normalized spacial score (nSPS) is 15.1. The second kappa shape index (κ2) is 8.89. The summed E-state index contributed by atoms with van der Waals surface area (Å²) in [5.41, 5.74) is 1.00. The van der Waals surface area contributed by atoms with Crippen molar-refractivity contribution in [2.24, 2.45) is 0 Å². The lowest BCUT2D eigenvalue weighted by atomic mass is 10.3. The molecule has 1 fully saturated rings. The molecule has 0 saturated carbocycles. The minimum Gasteiger partial charge on any atom is -0.339 e. The average molecular weight is 414 g/mol. The van der Waals surface area contributed by atoms with Gasteiger partial charge in [-0.1, -0.05) is 43.0 Å². The highest BCUT2D eigenvalue weighted by molar-refractivity contribution is 7.99. The van der Waals surface area contributed by atoms with Crippen molar-refractivity contribution >= 4 is 29.0 Å². The van der Waals surface area contributed by atoms with Gasteiger partial charge in [0.25, 0.3) is 0 Å². The van der Waals surface area contributed by atoms with Crippen LogP contribution in [0.2, 0.25) is 0 Å². The van der Waals surface area contributed by atoms with Crippen molar-refractivity contribution in [3.05, 3.63) is 47.8 Å². The van der Waals surface area contributed by atoms with Gasteiger partial charge in [0.05, 0.1) is 10.6 Å². The highest BCUT2D eigenvalue weighted by atomic mass is 32.2. The molecule has 1 saturated heterocycles. The highest BCUT2D eigenvalue weighted by Crippen LogP contribution is 2.30. The van der Waals surface area contributed by atoms with Crippen LogP contribution in [0.4, 0.5) is 0 Å². The van der Waals surface area contributed by atoms with Crippen LogP contribution in [-0.4, -0.2) is 68.9 Å². The van der Waals surface area contributed by atoms with Crippen molar-refractivity contribution in [2.45, 2.75) is 12.1 Å². The fraction of sp³-hybridized carbons (Fsp3) is 0.350. The van der Waals surface area contributed by atoms with E-state index in [2.05, 4.69) is 22.0 Å². The van der Waals surface area contributed by atoms with E-state index < -0.39 is 0 Å². The maximum atomic E-state index is 12.7. The Balaban J connectivity index is 1.51. The van der Waals surface area contributed by atoms with Gasteiger partial charge in [-0.2, -0.15) is 0 Å². The molecule has 0 bridgehead atoms. The number of thiophene rings is 1. The van der Waals surface area contributed by atoms with Crippen molar-refractivity contribution < 1.29 is 4.79 Å². The lowest BCUT2D eigenvalue weighted by Gasteiger charge is -2.34. The molecule has 1 aliphatic rings. The molecule has 1 aromatic carbocycles. The van der Waals surface area contributed by atoms with Gasteiger partial charge in [0.1, 0.15) is 0 Å². The summed E-state index contributed by atoms with van der Waals surface area (Å²) in [5, 5.41) is 11.6. The zero-order valence-corrected chi connectivity index (χ0v) is 17.5. The first-order valence-corrected chi connectivity index (χ1v) is 11.3. The monoisotopic (exact) mass is 413 g/mol. The summed E-state index contributed by atoms with van der Waals surface area (Å²) in [7, 11) is 0. The molecule has 0 aliphatic carbocycles. The number of benzene rings is 1. The fourth-order valence-corrected chi connectivity index (χ4v) is 4.82. The largest absolute Gasteiger partial charge is 0.339 e. The number of carbonyl (C=O) groups excluding carboxylic acids is 1. The van der Waals surface area contributed by atoms with E-state index in [1.807, 2.05) is 57.3 Å². The summed E-state index contributed by atoms with van der Waals surface area (Å²) in [6.45, 7) is 6.72. The van der Waals surface area contributed by atoms with Crippen LogP contribution in [0.25, 0.3) is 16.4 Å². The van der Waals surface area contributed by atoms with Gasteiger partial charge in [-0.05, 0) is 30.1 Å². The van der Waals surface area contributed by atoms with E-state index in [-0.39, 0.29) is 5.91 Å². The molecule has 1 amide bonds. The molecule has 0 radical (unpaired) electrons. The molecular weight excluding hydrogens is 390 g/mol. The van der Waals surface area contributed by atoms with E-state index >= 15 is 0 Å². The van der Waals surface area contributed by atoms with E-state index in [1.165, 1.54) is 11.8 Å². The quantitative estimate of drug-likeness (QED) is 0.581. The summed E-state index contributed by atoms with van der Waals surface area (Å²) in [4.78, 5) is 18.1. The molecule has 0 atom stereocenters. The van der Waals surface area contributed by atoms with Crippen LogP contribution >= 0.6 is 23.1 Å². The molecule has 0 N–H and O–H groups in total. The van der Waals surface area contributed by atoms with Gasteiger partial charge in [0.15, 0.2) is 11.0 Å². The molecule has 3 aromatic rings. The van der Waals surface area contributed by atoms with E-state index in [4.69, 9.17) is 0 Å². The molecule has 0 unspecified atom stereocenters. The zero-order valence-electron chi connectivity index (χ0n) is 15.8. The molecule has 2 aromatic heterocycles. The Kier molecular flexibility index (Phi) is 6.09. The Bertz CT molecular complexity index is 902. The number of nitrogens with zero attached hydrogens (tertiary/aromatic N) is 5. The van der Waals surface area contributed by atoms with Crippen molar-refractivity contribution in [2.75, 3.05) is 38.5 Å². The number of piperazine rings is 1. The number of carbonyl (C=O) groups is 1. The summed E-state index contributed by atoms with van der Waals surface area (Å²) < 4.78 is 2.04. The van der Waals surface area contributed by atoms with E-state index in [9.17, 15) is 4.79 Å². The average Bonchev–Trinajstić information content (AvgIpc) is 3.42. The van der Waals surface area contributed by atoms with Crippen molar-refractivity contribution in [1.82, 2.24) is 24.6 Å².